The fraction of sp³-hybridized carbons (Fsp3) is 0.125. The third kappa shape index (κ3) is 2.10. The van der Waals surface area contributed by atoms with E-state index in [1.807, 2.05) is 0 Å². The van der Waals surface area contributed by atoms with Crippen LogP contribution in [-0.4, -0.2) is 30.1 Å². The van der Waals surface area contributed by atoms with Crippen molar-refractivity contribution in [3.8, 4) is 0 Å². The molecule has 0 aromatic carbocycles. The fourth-order valence-corrected chi connectivity index (χ4v) is 0.868. The molecule has 0 aliphatic heterocycles. The first-order valence-corrected chi connectivity index (χ1v) is 3.87. The third-order valence-corrected chi connectivity index (χ3v) is 1.59. The van der Waals surface area contributed by atoms with E-state index in [0.717, 1.165) is 0 Å². The summed E-state index contributed by atoms with van der Waals surface area (Å²) in [7, 11) is 7.08. The van der Waals surface area contributed by atoms with Gasteiger partial charge in [-0.2, -0.15) is 5.10 Å². The highest BCUT2D eigenvalue weighted by molar-refractivity contribution is 6.32. The molecule has 0 aliphatic carbocycles. The molecule has 0 saturated heterocycles. The van der Waals surface area contributed by atoms with Gasteiger partial charge in [-0.3, -0.25) is 9.48 Å². The van der Waals surface area contributed by atoms with Crippen LogP contribution in [0.5, 0.6) is 0 Å². The van der Waals surface area contributed by atoms with E-state index in [4.69, 9.17) is 13.6 Å². The van der Waals surface area contributed by atoms with Gasteiger partial charge in [-0.25, -0.2) is 4.99 Å². The van der Waals surface area contributed by atoms with Crippen LogP contribution >= 0.6 is 0 Å². The zero-order chi connectivity index (χ0) is 10.6. The molecule has 14 heavy (non-hydrogen) atoms. The highest BCUT2D eigenvalue weighted by Crippen LogP contribution is 2.14. The quantitative estimate of drug-likeness (QED) is 0.409. The lowest BCUT2D eigenvalue weighted by molar-refractivity contribution is 0.112. The number of carbonyl (C=O) groups excluding carboxylic acids is 1. The predicted molar refractivity (Wildman–Crippen MR) is 54.8 cm³/mol. The number of aldehydes is 1. The molecular weight excluding hydrogens is 179 g/mol. The van der Waals surface area contributed by atoms with Crippen LogP contribution in [0, 0.1) is 0 Å². The van der Waals surface area contributed by atoms with Gasteiger partial charge in [-0.15, -0.1) is 0 Å². The number of nitrogens with zero attached hydrogens (tertiary/aromatic N) is 3. The van der Waals surface area contributed by atoms with Crippen molar-refractivity contribution in [2.45, 2.75) is 0 Å². The van der Waals surface area contributed by atoms with Gasteiger partial charge in [-0.1, -0.05) is 5.47 Å². The second kappa shape index (κ2) is 4.41. The lowest BCUT2D eigenvalue weighted by Crippen LogP contribution is -1.92. The van der Waals surface area contributed by atoms with Crippen LogP contribution in [0.15, 0.2) is 22.9 Å². The van der Waals surface area contributed by atoms with Gasteiger partial charge in [-0.05, 0) is 6.20 Å². The van der Waals surface area contributed by atoms with E-state index < -0.39 is 0 Å². The number of carbonyl (C=O) groups is 1. The summed E-state index contributed by atoms with van der Waals surface area (Å²) < 4.78 is 1.48. The van der Waals surface area contributed by atoms with E-state index in [9.17, 15) is 4.79 Å². The highest BCUT2D eigenvalue weighted by Gasteiger charge is 2.04. The fourth-order valence-electron chi connectivity index (χ4n) is 0.868. The van der Waals surface area contributed by atoms with Crippen molar-refractivity contribution in [1.82, 2.24) is 9.78 Å². The van der Waals surface area contributed by atoms with Crippen LogP contribution in [0.3, 0.4) is 0 Å². The van der Waals surface area contributed by atoms with Crippen LogP contribution in [0.4, 0.5) is 5.82 Å². The molecule has 1 rings (SSSR count). The zero-order valence-corrected chi connectivity index (χ0v) is 7.71. The molecule has 6 heteroatoms. The molecular formula is C8H9BN4O. The Morgan fingerprint density at radius 3 is 3.07 bits per heavy atom. The Labute approximate surface area is 82.7 Å². The van der Waals surface area contributed by atoms with Gasteiger partial charge in [0.1, 0.15) is 7.85 Å². The molecule has 0 atom stereocenters. The van der Waals surface area contributed by atoms with E-state index in [1.165, 1.54) is 23.3 Å². The van der Waals surface area contributed by atoms with Crippen LogP contribution in [0.2, 0.25) is 0 Å². The third-order valence-electron chi connectivity index (χ3n) is 1.59. The number of aryl methyl sites for hydroxylation is 1. The molecule has 5 nitrogen and oxygen atoms in total. The lowest BCUT2D eigenvalue weighted by Gasteiger charge is -1.95. The van der Waals surface area contributed by atoms with Crippen molar-refractivity contribution in [2.75, 3.05) is 0 Å². The molecule has 0 aliphatic rings. The molecule has 0 spiro atoms. The Bertz CT molecular complexity index is 394. The largest absolute Gasteiger partial charge is 0.405 e. The van der Waals surface area contributed by atoms with Crippen LogP contribution in [-0.2, 0) is 7.05 Å². The minimum absolute atomic E-state index is 0.322. The maximum atomic E-state index is 10.6. The summed E-state index contributed by atoms with van der Waals surface area (Å²) in [6, 6.07) is 0. The van der Waals surface area contributed by atoms with Crippen molar-refractivity contribution in [1.29, 1.82) is 0 Å². The maximum absolute atomic E-state index is 10.6. The number of aromatic nitrogens is 2. The molecule has 0 saturated carbocycles. The maximum Gasteiger partial charge on any atom is 0.160 e. The summed E-state index contributed by atoms with van der Waals surface area (Å²) in [6.07, 6.45) is 4.70. The molecule has 0 bridgehead atoms. The number of aliphatic imine (C=N–C) groups is 1. The standard InChI is InChI=1S/C8H9BN4O/c1-13-8(6(5-14)3-12-13)11-4-7(9)2-10/h2-5H,10H2,1H3/b7-2+,11-4+. The normalized spacial score (nSPS) is 12.2. The van der Waals surface area contributed by atoms with E-state index >= 15 is 0 Å². The topological polar surface area (TPSA) is 73.3 Å². The average Bonchev–Trinajstić information content (AvgIpc) is 2.55. The van der Waals surface area contributed by atoms with Gasteiger partial charge in [0.2, 0.25) is 0 Å². The Kier molecular flexibility index (Phi) is 3.22. The van der Waals surface area contributed by atoms with E-state index in [1.54, 1.807) is 7.05 Å². The highest BCUT2D eigenvalue weighted by atomic mass is 16.1. The minimum Gasteiger partial charge on any atom is -0.405 e. The summed E-state index contributed by atoms with van der Waals surface area (Å²) in [5.41, 5.74) is 5.88. The first kappa shape index (κ1) is 10.2. The number of nitrogens with two attached hydrogens (primary N) is 1. The molecule has 0 unspecified atom stereocenters. The zero-order valence-electron chi connectivity index (χ0n) is 7.71. The van der Waals surface area contributed by atoms with Crippen molar-refractivity contribution in [3.05, 3.63) is 23.4 Å². The van der Waals surface area contributed by atoms with Crippen LogP contribution in [0.1, 0.15) is 10.4 Å². The van der Waals surface area contributed by atoms with Crippen LogP contribution < -0.4 is 5.73 Å². The summed E-state index contributed by atoms with van der Waals surface area (Å²) in [6.45, 7) is 0. The van der Waals surface area contributed by atoms with Gasteiger partial charge in [0.05, 0.1) is 11.8 Å². The summed E-state index contributed by atoms with van der Waals surface area (Å²) in [4.78, 5) is 14.5. The second-order valence-corrected chi connectivity index (χ2v) is 2.59. The summed E-state index contributed by atoms with van der Waals surface area (Å²) in [5.74, 6) is 0.449. The first-order valence-electron chi connectivity index (χ1n) is 3.87. The van der Waals surface area contributed by atoms with Crippen molar-refractivity contribution in [2.24, 2.45) is 17.8 Å². The molecule has 2 N–H and O–H groups in total. The predicted octanol–water partition coefficient (Wildman–Crippen LogP) is -0.0965. The monoisotopic (exact) mass is 188 g/mol. The average molecular weight is 188 g/mol. The smallest absolute Gasteiger partial charge is 0.160 e. The number of allylic oxidation sites excluding steroid dienone is 1. The van der Waals surface area contributed by atoms with Gasteiger partial charge >= 0.3 is 0 Å². The number of rotatable bonds is 3. The summed E-state index contributed by atoms with van der Waals surface area (Å²) in [5, 5.41) is 3.87. The molecule has 1 heterocycles. The molecule has 0 amide bonds. The lowest BCUT2D eigenvalue weighted by atomic mass is 9.99. The second-order valence-electron chi connectivity index (χ2n) is 2.59. The number of hydrogen-bond acceptors (Lipinski definition) is 4. The molecule has 1 aromatic rings. The van der Waals surface area contributed by atoms with Crippen molar-refractivity contribution in [3.63, 3.8) is 0 Å². The van der Waals surface area contributed by atoms with E-state index in [-0.39, 0.29) is 0 Å². The SMILES string of the molecule is [B]C(=C/N)/C=N/c1c(C=O)cnn1C. The molecule has 0 fully saturated rings. The van der Waals surface area contributed by atoms with Gasteiger partial charge in [0.25, 0.3) is 0 Å². The molecule has 2 radical (unpaired) electrons. The number of hydrogen-bond donors (Lipinski definition) is 1. The van der Waals surface area contributed by atoms with Crippen molar-refractivity contribution >= 4 is 26.2 Å². The van der Waals surface area contributed by atoms with E-state index in [2.05, 4.69) is 10.1 Å². The first-order chi connectivity index (χ1) is 6.69. The Morgan fingerprint density at radius 2 is 2.50 bits per heavy atom. The molecule has 70 valence electrons. The van der Waals surface area contributed by atoms with E-state index in [0.29, 0.717) is 23.1 Å². The molecule has 1 aromatic heterocycles. The van der Waals surface area contributed by atoms with Gasteiger partial charge < -0.3 is 5.73 Å². The van der Waals surface area contributed by atoms with Gasteiger partial charge in [0.15, 0.2) is 12.1 Å². The Morgan fingerprint density at radius 1 is 1.79 bits per heavy atom. The minimum atomic E-state index is 0.322. The Balaban J connectivity index is 3.01. The summed E-state index contributed by atoms with van der Waals surface area (Å²) >= 11 is 0. The van der Waals surface area contributed by atoms with Gasteiger partial charge in [0, 0.05) is 13.3 Å². The van der Waals surface area contributed by atoms with Crippen molar-refractivity contribution < 1.29 is 4.79 Å². The Hall–Kier alpha value is -1.85. The van der Waals surface area contributed by atoms with Crippen LogP contribution in [0.25, 0.3) is 0 Å².